The van der Waals surface area contributed by atoms with Crippen LogP contribution < -0.4 is 14.5 Å². The molecule has 2 saturated heterocycles. The van der Waals surface area contributed by atoms with Crippen molar-refractivity contribution in [2.75, 3.05) is 36.1 Å². The Kier molecular flexibility index (Phi) is 3.81. The summed E-state index contributed by atoms with van der Waals surface area (Å²) < 4.78 is 5.34. The van der Waals surface area contributed by atoms with Gasteiger partial charge in [-0.2, -0.15) is 4.98 Å². The van der Waals surface area contributed by atoms with Gasteiger partial charge in [-0.15, -0.1) is 0 Å². The zero-order chi connectivity index (χ0) is 16.5. The Morgan fingerprint density at radius 1 is 1.08 bits per heavy atom. The lowest BCUT2D eigenvalue weighted by Gasteiger charge is -2.35. The average Bonchev–Trinajstić information content (AvgIpc) is 3.21. The summed E-state index contributed by atoms with van der Waals surface area (Å²) in [5, 5.41) is 18.5. The fraction of sp³-hybridized carbons (Fsp3) is 0.438. The van der Waals surface area contributed by atoms with Gasteiger partial charge in [-0.05, 0) is 6.42 Å². The molecule has 2 aromatic rings. The second-order valence-electron chi connectivity index (χ2n) is 6.04. The van der Waals surface area contributed by atoms with Gasteiger partial charge < -0.3 is 24.7 Å². The molecule has 0 radical (unpaired) electrons. The molecule has 0 unspecified atom stereocenters. The highest BCUT2D eigenvalue weighted by Gasteiger charge is 2.44. The van der Waals surface area contributed by atoms with E-state index in [-0.39, 0.29) is 19.0 Å². The highest BCUT2D eigenvalue weighted by atomic mass is 16.5. The molecule has 0 spiro atoms. The third kappa shape index (κ3) is 2.69. The molecule has 2 aromatic heterocycles. The highest BCUT2D eigenvalue weighted by molar-refractivity contribution is 5.55. The van der Waals surface area contributed by atoms with Crippen molar-refractivity contribution >= 4 is 11.5 Å². The summed E-state index contributed by atoms with van der Waals surface area (Å²) in [5.74, 6) is 1.41. The lowest BCUT2D eigenvalue weighted by molar-refractivity contribution is 0.196. The van der Waals surface area contributed by atoms with Crippen molar-refractivity contribution in [3.63, 3.8) is 0 Å². The van der Waals surface area contributed by atoms with E-state index in [1.807, 2.05) is 0 Å². The average molecular weight is 329 g/mol. The van der Waals surface area contributed by atoms with Gasteiger partial charge in [-0.3, -0.25) is 9.97 Å². The number of hydrogen-bond acceptors (Lipinski definition) is 8. The third-order valence-corrected chi connectivity index (χ3v) is 4.52. The summed E-state index contributed by atoms with van der Waals surface area (Å²) >= 11 is 0. The van der Waals surface area contributed by atoms with Crippen molar-refractivity contribution in [2.24, 2.45) is 0 Å². The predicted molar refractivity (Wildman–Crippen MR) is 87.4 cm³/mol. The molecule has 126 valence electrons. The molecule has 4 heterocycles. The zero-order valence-corrected chi connectivity index (χ0v) is 13.1. The summed E-state index contributed by atoms with van der Waals surface area (Å²) in [6.07, 6.45) is 7.57. The summed E-state index contributed by atoms with van der Waals surface area (Å²) in [4.78, 5) is 17.3. The topological polar surface area (TPSA) is 94.8 Å². The van der Waals surface area contributed by atoms with Crippen LogP contribution in [-0.2, 0) is 0 Å². The summed E-state index contributed by atoms with van der Waals surface area (Å²) in [6, 6.07) is 2.46. The first-order valence-electron chi connectivity index (χ1n) is 7.97. The molecule has 2 aliphatic rings. The maximum atomic E-state index is 9.63. The van der Waals surface area contributed by atoms with Crippen molar-refractivity contribution in [1.29, 1.82) is 0 Å². The molecule has 0 amide bonds. The van der Waals surface area contributed by atoms with Crippen LogP contribution in [0.3, 0.4) is 0 Å². The Balaban J connectivity index is 1.48. The first-order valence-corrected chi connectivity index (χ1v) is 7.97. The van der Waals surface area contributed by atoms with Crippen LogP contribution in [-0.4, -0.2) is 63.6 Å². The molecule has 2 aliphatic heterocycles. The number of piperazine rings is 1. The van der Waals surface area contributed by atoms with E-state index in [4.69, 9.17) is 9.84 Å². The van der Waals surface area contributed by atoms with E-state index in [0.29, 0.717) is 18.0 Å². The van der Waals surface area contributed by atoms with Crippen molar-refractivity contribution in [2.45, 2.75) is 18.5 Å². The first-order chi connectivity index (χ1) is 11.7. The van der Waals surface area contributed by atoms with Gasteiger partial charge in [0.2, 0.25) is 5.88 Å². The molecule has 0 aromatic carbocycles. The van der Waals surface area contributed by atoms with Crippen LogP contribution in [0.15, 0.2) is 30.9 Å². The van der Waals surface area contributed by atoms with E-state index in [1.54, 1.807) is 24.7 Å². The van der Waals surface area contributed by atoms with E-state index in [0.717, 1.165) is 31.0 Å². The van der Waals surface area contributed by atoms with E-state index >= 15 is 0 Å². The van der Waals surface area contributed by atoms with Gasteiger partial charge in [0.25, 0.3) is 0 Å². The number of aliphatic hydroxyl groups is 1. The quantitative estimate of drug-likeness (QED) is 0.815. The van der Waals surface area contributed by atoms with Crippen molar-refractivity contribution < 1.29 is 14.9 Å². The standard InChI is InChI=1S/C16H19N5O3/c22-1-2-24-16-8-18-7-15(19-16)21-10-12-3-13(21)9-20(12)11-4-14(23)6-17-5-11/h4-8,12-13,22-23H,1-3,9-10H2/t12-,13-/m0/s1. The normalized spacial score (nSPS) is 22.2. The Morgan fingerprint density at radius 3 is 2.62 bits per heavy atom. The predicted octanol–water partition coefficient (Wildman–Crippen LogP) is 0.416. The number of fused-ring (bicyclic) bond motifs is 2. The van der Waals surface area contributed by atoms with Crippen LogP contribution in [0.4, 0.5) is 11.5 Å². The Morgan fingerprint density at radius 2 is 1.88 bits per heavy atom. The molecule has 0 aliphatic carbocycles. The number of anilines is 2. The number of pyridine rings is 1. The Hall–Kier alpha value is -2.61. The molecule has 2 fully saturated rings. The van der Waals surface area contributed by atoms with Crippen LogP contribution in [0.5, 0.6) is 11.6 Å². The molecule has 2 bridgehead atoms. The number of nitrogens with zero attached hydrogens (tertiary/aromatic N) is 5. The summed E-state index contributed by atoms with van der Waals surface area (Å²) in [6.45, 7) is 1.87. The van der Waals surface area contributed by atoms with Crippen LogP contribution in [0.2, 0.25) is 0 Å². The second kappa shape index (κ2) is 6.12. The first kappa shape index (κ1) is 14.9. The van der Waals surface area contributed by atoms with E-state index in [9.17, 15) is 5.11 Å². The lowest BCUT2D eigenvalue weighted by Crippen LogP contribution is -2.47. The van der Waals surface area contributed by atoms with Gasteiger partial charge in [-0.1, -0.05) is 0 Å². The zero-order valence-electron chi connectivity index (χ0n) is 13.1. The van der Waals surface area contributed by atoms with Crippen LogP contribution in [0.1, 0.15) is 6.42 Å². The molecule has 0 saturated carbocycles. The minimum Gasteiger partial charge on any atom is -0.506 e. The smallest absolute Gasteiger partial charge is 0.234 e. The van der Waals surface area contributed by atoms with Gasteiger partial charge in [0.1, 0.15) is 12.4 Å². The van der Waals surface area contributed by atoms with Gasteiger partial charge in [0.05, 0.1) is 43.1 Å². The Labute approximate surface area is 139 Å². The number of ether oxygens (including phenoxy) is 1. The minimum absolute atomic E-state index is 0.0484. The highest BCUT2D eigenvalue weighted by Crippen LogP contribution is 2.37. The van der Waals surface area contributed by atoms with Crippen LogP contribution in [0.25, 0.3) is 0 Å². The van der Waals surface area contributed by atoms with E-state index < -0.39 is 0 Å². The van der Waals surface area contributed by atoms with E-state index in [1.165, 1.54) is 6.20 Å². The lowest BCUT2D eigenvalue weighted by atomic mass is 10.2. The van der Waals surface area contributed by atoms with Crippen molar-refractivity contribution in [3.05, 3.63) is 30.9 Å². The van der Waals surface area contributed by atoms with E-state index in [2.05, 4.69) is 24.8 Å². The monoisotopic (exact) mass is 329 g/mol. The largest absolute Gasteiger partial charge is 0.506 e. The molecule has 4 rings (SSSR count). The third-order valence-electron chi connectivity index (χ3n) is 4.52. The van der Waals surface area contributed by atoms with Crippen LogP contribution in [0, 0.1) is 0 Å². The fourth-order valence-corrected chi connectivity index (χ4v) is 3.53. The van der Waals surface area contributed by atoms with Gasteiger partial charge in [-0.25, -0.2) is 0 Å². The molecule has 8 heteroatoms. The fourth-order valence-electron chi connectivity index (χ4n) is 3.53. The summed E-state index contributed by atoms with van der Waals surface area (Å²) in [7, 11) is 0. The van der Waals surface area contributed by atoms with Crippen molar-refractivity contribution in [3.8, 4) is 11.6 Å². The Bertz CT molecular complexity index is 728. The second-order valence-corrected chi connectivity index (χ2v) is 6.04. The van der Waals surface area contributed by atoms with Crippen molar-refractivity contribution in [1.82, 2.24) is 15.0 Å². The molecule has 2 N–H and O–H groups in total. The number of rotatable bonds is 5. The molecule has 24 heavy (non-hydrogen) atoms. The van der Waals surface area contributed by atoms with Gasteiger partial charge in [0, 0.05) is 25.2 Å². The number of hydrogen-bond donors (Lipinski definition) is 2. The van der Waals surface area contributed by atoms with Gasteiger partial charge >= 0.3 is 0 Å². The minimum atomic E-state index is -0.0484. The molecular weight excluding hydrogens is 310 g/mol. The number of aromatic hydroxyl groups is 1. The maximum Gasteiger partial charge on any atom is 0.234 e. The molecular formula is C16H19N5O3. The SMILES string of the molecule is OCCOc1cncc(N2C[C@@H]3C[C@H]2CN3c2cncc(O)c2)n1. The molecule has 2 atom stereocenters. The number of aliphatic hydroxyl groups excluding tert-OH is 1. The maximum absolute atomic E-state index is 9.63. The molecule has 8 nitrogen and oxygen atoms in total. The number of aromatic nitrogens is 3. The summed E-state index contributed by atoms with van der Waals surface area (Å²) in [5.41, 5.74) is 0.952. The van der Waals surface area contributed by atoms with Gasteiger partial charge in [0.15, 0.2) is 5.82 Å². The van der Waals surface area contributed by atoms with Crippen LogP contribution >= 0.6 is 0 Å².